The molecule has 2 aromatic rings. The van der Waals surface area contributed by atoms with Crippen molar-refractivity contribution in [1.82, 2.24) is 10.6 Å². The van der Waals surface area contributed by atoms with Crippen molar-refractivity contribution in [2.45, 2.75) is 16.5 Å². The Balaban J connectivity index is 1.94. The van der Waals surface area contributed by atoms with Gasteiger partial charge in [-0.25, -0.2) is 0 Å². The van der Waals surface area contributed by atoms with Gasteiger partial charge in [0, 0.05) is 6.08 Å². The van der Waals surface area contributed by atoms with Crippen LogP contribution in [0.2, 0.25) is 0 Å². The van der Waals surface area contributed by atoms with Gasteiger partial charge in [0.2, 0.25) is 9.70 Å². The van der Waals surface area contributed by atoms with E-state index < -0.39 is 9.96 Å². The summed E-state index contributed by atoms with van der Waals surface area (Å²) < 4.78 is 3.48. The summed E-state index contributed by atoms with van der Waals surface area (Å²) in [5.74, 6) is 0.287. The predicted octanol–water partition coefficient (Wildman–Crippen LogP) is 3.90. The molecular weight excluding hydrogens is 359 g/mol. The van der Waals surface area contributed by atoms with Gasteiger partial charge in [-0.1, -0.05) is 65.1 Å². The molecule has 0 aliphatic carbocycles. The minimum absolute atomic E-state index is 0.314. The molecule has 2 N–H and O–H groups in total. The molecule has 0 aliphatic heterocycles. The van der Waals surface area contributed by atoms with Crippen LogP contribution in [0, 0.1) is 0 Å². The molecule has 0 bridgehead atoms. The van der Waals surface area contributed by atoms with Gasteiger partial charge in [0.25, 0.3) is 0 Å². The Morgan fingerprint density at radius 2 is 1.91 bits per heavy atom. The van der Waals surface area contributed by atoms with Crippen LogP contribution in [0.1, 0.15) is 11.3 Å². The number of halogens is 3. The Bertz CT molecular complexity index is 637. The van der Waals surface area contributed by atoms with E-state index in [1.807, 2.05) is 30.3 Å². The fraction of sp³-hybridized carbons (Fsp3) is 0.188. The molecule has 1 unspecified atom stereocenters. The minimum atomic E-state index is -1.71. The zero-order valence-corrected chi connectivity index (χ0v) is 14.3. The quantitative estimate of drug-likeness (QED) is 0.459. The molecule has 0 saturated carbocycles. The molecule has 1 atom stereocenters. The lowest BCUT2D eigenvalue weighted by atomic mass is 10.2. The molecule has 0 fully saturated rings. The molecule has 1 amide bonds. The van der Waals surface area contributed by atoms with Crippen molar-refractivity contribution in [1.29, 1.82) is 0 Å². The first kappa shape index (κ1) is 17.9. The van der Waals surface area contributed by atoms with Crippen molar-refractivity contribution in [3.63, 3.8) is 0 Å². The first-order valence-electron chi connectivity index (χ1n) is 6.81. The smallest absolute Gasteiger partial charge is 0.245 e. The molecule has 7 heteroatoms. The first-order chi connectivity index (χ1) is 10.9. The number of amides is 1. The van der Waals surface area contributed by atoms with Crippen LogP contribution < -0.4 is 10.6 Å². The van der Waals surface area contributed by atoms with Gasteiger partial charge in [-0.05, 0) is 23.8 Å². The predicted molar refractivity (Wildman–Crippen MR) is 93.2 cm³/mol. The van der Waals surface area contributed by atoms with Crippen LogP contribution in [0.3, 0.4) is 0 Å². The SMILES string of the molecule is O=C(/C=C/c1ccccc1)NC(NCc1ccco1)C(Cl)(Cl)Cl. The Kier molecular flexibility index (Phi) is 6.54. The number of furan rings is 1. The number of alkyl halides is 3. The molecule has 23 heavy (non-hydrogen) atoms. The second-order valence-corrected chi connectivity index (χ2v) is 7.06. The highest BCUT2D eigenvalue weighted by molar-refractivity contribution is 6.68. The highest BCUT2D eigenvalue weighted by atomic mass is 35.6. The third-order valence-corrected chi connectivity index (χ3v) is 3.56. The standard InChI is InChI=1S/C16H15Cl3N2O2/c17-16(18,19)15(20-11-13-7-4-10-23-13)21-14(22)9-8-12-5-2-1-3-6-12/h1-10,15,20H,11H2,(H,21,22)/b9-8+. The van der Waals surface area contributed by atoms with Crippen LogP contribution in [0.4, 0.5) is 0 Å². The normalized spacial score (nSPS) is 13.2. The van der Waals surface area contributed by atoms with E-state index in [1.54, 1.807) is 24.5 Å². The third kappa shape index (κ3) is 6.28. The number of carbonyl (C=O) groups is 1. The number of hydrogen-bond donors (Lipinski definition) is 2. The van der Waals surface area contributed by atoms with Gasteiger partial charge in [-0.15, -0.1) is 0 Å². The van der Waals surface area contributed by atoms with E-state index >= 15 is 0 Å². The zero-order valence-electron chi connectivity index (χ0n) is 12.0. The lowest BCUT2D eigenvalue weighted by molar-refractivity contribution is -0.117. The second-order valence-electron chi connectivity index (χ2n) is 4.69. The van der Waals surface area contributed by atoms with Crippen LogP contribution in [0.25, 0.3) is 6.08 Å². The summed E-state index contributed by atoms with van der Waals surface area (Å²) in [6.45, 7) is 0.314. The molecule has 0 radical (unpaired) electrons. The third-order valence-electron chi connectivity index (χ3n) is 2.90. The average Bonchev–Trinajstić information content (AvgIpc) is 3.02. The Morgan fingerprint density at radius 3 is 2.52 bits per heavy atom. The second kappa shape index (κ2) is 8.41. The van der Waals surface area contributed by atoms with Crippen LogP contribution in [-0.4, -0.2) is 15.9 Å². The maximum Gasteiger partial charge on any atom is 0.245 e. The van der Waals surface area contributed by atoms with E-state index in [-0.39, 0.29) is 5.91 Å². The van der Waals surface area contributed by atoms with E-state index in [0.29, 0.717) is 12.3 Å². The van der Waals surface area contributed by atoms with Crippen LogP contribution in [0.15, 0.2) is 59.2 Å². The van der Waals surface area contributed by atoms with Crippen molar-refractivity contribution < 1.29 is 9.21 Å². The molecule has 0 aliphatic rings. The van der Waals surface area contributed by atoms with E-state index in [9.17, 15) is 4.79 Å². The van der Waals surface area contributed by atoms with Gasteiger partial charge < -0.3 is 9.73 Å². The molecule has 1 aromatic carbocycles. The highest BCUT2D eigenvalue weighted by Crippen LogP contribution is 2.29. The Labute approximate surface area is 149 Å². The Hall–Kier alpha value is -1.46. The monoisotopic (exact) mass is 372 g/mol. The molecule has 4 nitrogen and oxygen atoms in total. The first-order valence-corrected chi connectivity index (χ1v) is 7.94. The van der Waals surface area contributed by atoms with Crippen molar-refractivity contribution in [2.24, 2.45) is 0 Å². The van der Waals surface area contributed by atoms with Gasteiger partial charge in [-0.3, -0.25) is 10.1 Å². The maximum atomic E-state index is 12.0. The molecule has 0 saturated heterocycles. The van der Waals surface area contributed by atoms with E-state index in [1.165, 1.54) is 6.08 Å². The van der Waals surface area contributed by atoms with Gasteiger partial charge in [0.1, 0.15) is 11.9 Å². The lowest BCUT2D eigenvalue weighted by Crippen LogP contribution is -2.52. The summed E-state index contributed by atoms with van der Waals surface area (Å²) >= 11 is 17.7. The Morgan fingerprint density at radius 1 is 1.17 bits per heavy atom. The molecule has 1 heterocycles. The molecule has 122 valence electrons. The van der Waals surface area contributed by atoms with Gasteiger partial charge >= 0.3 is 0 Å². The van der Waals surface area contributed by atoms with Gasteiger partial charge in [0.05, 0.1) is 12.8 Å². The van der Waals surface area contributed by atoms with Crippen molar-refractivity contribution in [3.05, 3.63) is 66.1 Å². The number of rotatable bonds is 6. The summed E-state index contributed by atoms with van der Waals surface area (Å²) in [6.07, 6.45) is 3.73. The summed E-state index contributed by atoms with van der Waals surface area (Å²) in [5.41, 5.74) is 0.900. The summed E-state index contributed by atoms with van der Waals surface area (Å²) in [7, 11) is 0. The van der Waals surface area contributed by atoms with Crippen LogP contribution in [0.5, 0.6) is 0 Å². The highest BCUT2D eigenvalue weighted by Gasteiger charge is 2.33. The van der Waals surface area contributed by atoms with E-state index in [0.717, 1.165) is 5.56 Å². The number of nitrogens with one attached hydrogen (secondary N) is 2. The lowest BCUT2D eigenvalue weighted by Gasteiger charge is -2.25. The largest absolute Gasteiger partial charge is 0.468 e. The zero-order chi connectivity index (χ0) is 16.7. The number of benzene rings is 1. The van der Waals surface area contributed by atoms with Gasteiger partial charge in [-0.2, -0.15) is 0 Å². The molecule has 2 rings (SSSR count). The topological polar surface area (TPSA) is 54.3 Å². The average molecular weight is 374 g/mol. The van der Waals surface area contributed by atoms with E-state index in [2.05, 4.69) is 10.6 Å². The fourth-order valence-corrected chi connectivity index (χ4v) is 2.19. The van der Waals surface area contributed by atoms with Crippen LogP contribution in [-0.2, 0) is 11.3 Å². The molecular formula is C16H15Cl3N2O2. The fourth-order valence-electron chi connectivity index (χ4n) is 1.79. The number of carbonyl (C=O) groups excluding carboxylic acids is 1. The van der Waals surface area contributed by atoms with Crippen molar-refractivity contribution in [2.75, 3.05) is 0 Å². The molecule has 0 spiro atoms. The van der Waals surface area contributed by atoms with E-state index in [4.69, 9.17) is 39.2 Å². The number of hydrogen-bond acceptors (Lipinski definition) is 3. The summed E-state index contributed by atoms with van der Waals surface area (Å²) in [5, 5.41) is 5.55. The minimum Gasteiger partial charge on any atom is -0.468 e. The summed E-state index contributed by atoms with van der Waals surface area (Å²) in [4.78, 5) is 12.0. The van der Waals surface area contributed by atoms with Crippen LogP contribution >= 0.6 is 34.8 Å². The van der Waals surface area contributed by atoms with Gasteiger partial charge in [0.15, 0.2) is 0 Å². The maximum absolute atomic E-state index is 12.0. The summed E-state index contributed by atoms with van der Waals surface area (Å²) in [6, 6.07) is 13.0. The molecule has 1 aromatic heterocycles. The van der Waals surface area contributed by atoms with Crippen molar-refractivity contribution in [3.8, 4) is 0 Å². The van der Waals surface area contributed by atoms with Crippen molar-refractivity contribution >= 4 is 46.8 Å².